The molecule has 2 atom stereocenters. The summed E-state index contributed by atoms with van der Waals surface area (Å²) in [5.41, 5.74) is 1.56. The van der Waals surface area contributed by atoms with Gasteiger partial charge in [0, 0.05) is 23.1 Å². The van der Waals surface area contributed by atoms with Crippen LogP contribution in [0.1, 0.15) is 43.2 Å². The summed E-state index contributed by atoms with van der Waals surface area (Å²) in [4.78, 5) is 15.7. The van der Waals surface area contributed by atoms with Crippen molar-refractivity contribution in [2.45, 2.75) is 39.7 Å². The molecular formula is C17H24N2O2. The number of amides is 1. The van der Waals surface area contributed by atoms with E-state index in [1.807, 2.05) is 45.0 Å². The van der Waals surface area contributed by atoms with Gasteiger partial charge in [-0.3, -0.25) is 4.79 Å². The predicted molar refractivity (Wildman–Crippen MR) is 85.4 cm³/mol. The van der Waals surface area contributed by atoms with E-state index in [1.165, 1.54) is 0 Å². The first-order valence-corrected chi connectivity index (χ1v) is 7.44. The number of nitrogens with one attached hydrogen (secondary N) is 2. The molecule has 1 aromatic carbocycles. The van der Waals surface area contributed by atoms with Gasteiger partial charge in [-0.25, -0.2) is 0 Å². The normalized spacial score (nSPS) is 15.7. The molecule has 21 heavy (non-hydrogen) atoms. The van der Waals surface area contributed by atoms with Gasteiger partial charge in [0.1, 0.15) is 0 Å². The number of hydrogen-bond acceptors (Lipinski definition) is 2. The highest BCUT2D eigenvalue weighted by Gasteiger charge is 2.28. The van der Waals surface area contributed by atoms with Crippen molar-refractivity contribution in [1.82, 2.24) is 10.3 Å². The van der Waals surface area contributed by atoms with E-state index in [0.29, 0.717) is 5.56 Å². The first-order valence-electron chi connectivity index (χ1n) is 7.44. The van der Waals surface area contributed by atoms with Crippen LogP contribution in [0.5, 0.6) is 0 Å². The second-order valence-corrected chi connectivity index (χ2v) is 6.02. The summed E-state index contributed by atoms with van der Waals surface area (Å²) in [6.07, 6.45) is 0.870. The van der Waals surface area contributed by atoms with Gasteiger partial charge in [0.05, 0.1) is 11.2 Å². The topological polar surface area (TPSA) is 65.1 Å². The standard InChI is InChI=1S/C17H24N2O2/c1-5-11(2)17(4,21)10-18-16(20)15-12(3)19-14-9-7-6-8-13(14)15/h6-9,11,19,21H,5,10H2,1-4H3,(H,18,20). The molecular weight excluding hydrogens is 264 g/mol. The Morgan fingerprint density at radius 1 is 1.43 bits per heavy atom. The maximum atomic E-state index is 12.5. The lowest BCUT2D eigenvalue weighted by Crippen LogP contribution is -2.45. The molecule has 0 aliphatic carbocycles. The monoisotopic (exact) mass is 288 g/mol. The molecule has 0 bridgehead atoms. The van der Waals surface area contributed by atoms with Crippen molar-refractivity contribution in [2.24, 2.45) is 5.92 Å². The molecule has 0 fully saturated rings. The van der Waals surface area contributed by atoms with Gasteiger partial charge in [0.25, 0.3) is 5.91 Å². The molecule has 2 aromatic rings. The van der Waals surface area contributed by atoms with Gasteiger partial charge < -0.3 is 15.4 Å². The first-order chi connectivity index (χ1) is 9.86. The minimum atomic E-state index is -0.898. The first kappa shape index (κ1) is 15.6. The zero-order chi connectivity index (χ0) is 15.6. The van der Waals surface area contributed by atoms with Crippen molar-refractivity contribution < 1.29 is 9.90 Å². The highest BCUT2D eigenvalue weighted by Crippen LogP contribution is 2.23. The molecule has 0 aliphatic rings. The van der Waals surface area contributed by atoms with Crippen LogP contribution in [0, 0.1) is 12.8 Å². The third-order valence-electron chi connectivity index (χ3n) is 4.40. The Bertz CT molecular complexity index is 643. The molecule has 0 saturated carbocycles. The van der Waals surface area contributed by atoms with Crippen molar-refractivity contribution in [3.63, 3.8) is 0 Å². The number of aromatic nitrogens is 1. The van der Waals surface area contributed by atoms with E-state index in [1.54, 1.807) is 6.92 Å². The molecule has 2 unspecified atom stereocenters. The van der Waals surface area contributed by atoms with E-state index in [9.17, 15) is 9.90 Å². The lowest BCUT2D eigenvalue weighted by atomic mass is 9.88. The van der Waals surface area contributed by atoms with Crippen LogP contribution in [-0.2, 0) is 0 Å². The number of carbonyl (C=O) groups is 1. The largest absolute Gasteiger partial charge is 0.388 e. The summed E-state index contributed by atoms with van der Waals surface area (Å²) in [5, 5.41) is 14.2. The Morgan fingerprint density at radius 3 is 2.76 bits per heavy atom. The van der Waals surface area contributed by atoms with Gasteiger partial charge >= 0.3 is 0 Å². The number of fused-ring (bicyclic) bond motifs is 1. The van der Waals surface area contributed by atoms with Crippen molar-refractivity contribution >= 4 is 16.8 Å². The summed E-state index contributed by atoms with van der Waals surface area (Å²) in [6.45, 7) is 7.93. The molecule has 4 heteroatoms. The second kappa shape index (κ2) is 5.90. The number of H-pyrrole nitrogens is 1. The average molecular weight is 288 g/mol. The number of para-hydroxylation sites is 1. The smallest absolute Gasteiger partial charge is 0.253 e. The zero-order valence-electron chi connectivity index (χ0n) is 13.2. The Kier molecular flexibility index (Phi) is 4.37. The molecule has 1 heterocycles. The second-order valence-electron chi connectivity index (χ2n) is 6.02. The third-order valence-corrected chi connectivity index (χ3v) is 4.40. The van der Waals surface area contributed by atoms with Gasteiger partial charge in [-0.1, -0.05) is 38.5 Å². The number of benzene rings is 1. The van der Waals surface area contributed by atoms with Crippen molar-refractivity contribution in [3.8, 4) is 0 Å². The predicted octanol–water partition coefficient (Wildman–Crippen LogP) is 3.00. The van der Waals surface area contributed by atoms with Gasteiger partial charge in [-0.2, -0.15) is 0 Å². The molecule has 1 aromatic heterocycles. The summed E-state index contributed by atoms with van der Waals surface area (Å²) < 4.78 is 0. The lowest BCUT2D eigenvalue weighted by Gasteiger charge is -2.29. The number of carbonyl (C=O) groups excluding carboxylic acids is 1. The number of aryl methyl sites for hydroxylation is 1. The molecule has 3 N–H and O–H groups in total. The summed E-state index contributed by atoms with van der Waals surface area (Å²) in [7, 11) is 0. The number of hydrogen-bond donors (Lipinski definition) is 3. The van der Waals surface area contributed by atoms with Crippen LogP contribution in [-0.4, -0.2) is 28.1 Å². The highest BCUT2D eigenvalue weighted by molar-refractivity contribution is 6.08. The molecule has 1 amide bonds. The van der Waals surface area contributed by atoms with Crippen molar-refractivity contribution in [1.29, 1.82) is 0 Å². The SMILES string of the molecule is CCC(C)C(C)(O)CNC(=O)c1c(C)[nH]c2ccccc12. The number of aromatic amines is 1. The summed E-state index contributed by atoms with van der Waals surface area (Å²) in [6, 6.07) is 7.74. The quantitative estimate of drug-likeness (QED) is 0.792. The van der Waals surface area contributed by atoms with Crippen LogP contribution in [0.3, 0.4) is 0 Å². The van der Waals surface area contributed by atoms with E-state index < -0.39 is 5.60 Å². The van der Waals surface area contributed by atoms with Crippen LogP contribution in [0.4, 0.5) is 0 Å². The Balaban J connectivity index is 2.18. The fourth-order valence-corrected chi connectivity index (χ4v) is 2.53. The van der Waals surface area contributed by atoms with E-state index in [-0.39, 0.29) is 18.4 Å². The highest BCUT2D eigenvalue weighted by atomic mass is 16.3. The van der Waals surface area contributed by atoms with Gasteiger partial charge in [0.15, 0.2) is 0 Å². The number of aliphatic hydroxyl groups is 1. The van der Waals surface area contributed by atoms with E-state index in [4.69, 9.17) is 0 Å². The van der Waals surface area contributed by atoms with Crippen molar-refractivity contribution in [2.75, 3.05) is 6.54 Å². The number of rotatable bonds is 5. The molecule has 4 nitrogen and oxygen atoms in total. The fourth-order valence-electron chi connectivity index (χ4n) is 2.53. The lowest BCUT2D eigenvalue weighted by molar-refractivity contribution is 0.00593. The van der Waals surface area contributed by atoms with E-state index in [2.05, 4.69) is 10.3 Å². The average Bonchev–Trinajstić information content (AvgIpc) is 2.79. The van der Waals surface area contributed by atoms with Crippen LogP contribution < -0.4 is 5.32 Å². The maximum absolute atomic E-state index is 12.5. The van der Waals surface area contributed by atoms with Crippen LogP contribution in [0.25, 0.3) is 10.9 Å². The molecule has 2 rings (SSSR count). The Hall–Kier alpha value is -1.81. The van der Waals surface area contributed by atoms with Crippen LogP contribution >= 0.6 is 0 Å². The summed E-state index contributed by atoms with van der Waals surface area (Å²) in [5.74, 6) is -0.0182. The molecule has 0 spiro atoms. The van der Waals surface area contributed by atoms with Crippen LogP contribution in [0.2, 0.25) is 0 Å². The van der Waals surface area contributed by atoms with E-state index >= 15 is 0 Å². The minimum Gasteiger partial charge on any atom is -0.388 e. The molecule has 0 radical (unpaired) electrons. The zero-order valence-corrected chi connectivity index (χ0v) is 13.2. The Labute approximate surface area is 125 Å². The third kappa shape index (κ3) is 3.10. The molecule has 0 saturated heterocycles. The van der Waals surface area contributed by atoms with Crippen LogP contribution in [0.15, 0.2) is 24.3 Å². The van der Waals surface area contributed by atoms with E-state index in [0.717, 1.165) is 23.0 Å². The van der Waals surface area contributed by atoms with Gasteiger partial charge in [-0.05, 0) is 25.8 Å². The van der Waals surface area contributed by atoms with Gasteiger partial charge in [0.2, 0.25) is 0 Å². The molecule has 114 valence electrons. The van der Waals surface area contributed by atoms with Gasteiger partial charge in [-0.15, -0.1) is 0 Å². The maximum Gasteiger partial charge on any atom is 0.253 e. The Morgan fingerprint density at radius 2 is 2.10 bits per heavy atom. The summed E-state index contributed by atoms with van der Waals surface area (Å²) >= 11 is 0. The molecule has 0 aliphatic heterocycles. The van der Waals surface area contributed by atoms with Crippen molar-refractivity contribution in [3.05, 3.63) is 35.5 Å². The fraction of sp³-hybridized carbons (Fsp3) is 0.471. The minimum absolute atomic E-state index is 0.127.